The van der Waals surface area contributed by atoms with Gasteiger partial charge in [-0.3, -0.25) is 9.59 Å². The Balaban J connectivity index is 2.94. The molecule has 0 heterocycles. The Morgan fingerprint density at radius 2 is 1.59 bits per heavy atom. The monoisotopic (exact) mass is 234 g/mol. The average molecular weight is 234 g/mol. The van der Waals surface area contributed by atoms with Crippen molar-refractivity contribution in [2.45, 2.75) is 27.2 Å². The molecule has 0 atom stereocenters. The van der Waals surface area contributed by atoms with Crippen LogP contribution in [0.4, 0.5) is 0 Å². The van der Waals surface area contributed by atoms with E-state index in [-0.39, 0.29) is 11.6 Å². The highest BCUT2D eigenvalue weighted by Gasteiger charge is 2.35. The number of carbonyl (C=O) groups excluding carboxylic acids is 2. The van der Waals surface area contributed by atoms with Crippen molar-refractivity contribution in [3.05, 3.63) is 29.8 Å². The molecule has 0 aromatic heterocycles. The minimum Gasteiger partial charge on any atom is -0.497 e. The summed E-state index contributed by atoms with van der Waals surface area (Å²) in [7, 11) is 1.60. The van der Waals surface area contributed by atoms with Crippen LogP contribution in [-0.4, -0.2) is 18.7 Å². The predicted octanol–water partition coefficient (Wildman–Crippen LogP) is 2.42. The Morgan fingerprint density at radius 1 is 1.12 bits per heavy atom. The normalized spacial score (nSPS) is 11.1. The van der Waals surface area contributed by atoms with Gasteiger partial charge in [-0.05, 0) is 44.9 Å². The molecule has 92 valence electrons. The van der Waals surface area contributed by atoms with E-state index in [9.17, 15) is 9.59 Å². The summed E-state index contributed by atoms with van der Waals surface area (Å²) in [6.07, 6.45) is 0.432. The summed E-state index contributed by atoms with van der Waals surface area (Å²) in [6, 6.07) is 7.41. The molecule has 0 spiro atoms. The molecule has 0 radical (unpaired) electrons. The van der Waals surface area contributed by atoms with Gasteiger partial charge in [0.1, 0.15) is 17.3 Å². The molecule has 1 aromatic carbocycles. The van der Waals surface area contributed by atoms with E-state index in [1.165, 1.54) is 13.8 Å². The molecule has 0 aliphatic rings. The molecule has 0 aliphatic heterocycles. The van der Waals surface area contributed by atoms with Gasteiger partial charge in [0.05, 0.1) is 12.5 Å². The largest absolute Gasteiger partial charge is 0.497 e. The van der Waals surface area contributed by atoms with Gasteiger partial charge in [0.15, 0.2) is 0 Å². The van der Waals surface area contributed by atoms with Gasteiger partial charge in [-0.2, -0.15) is 0 Å². The van der Waals surface area contributed by atoms with E-state index in [0.29, 0.717) is 6.42 Å². The van der Waals surface area contributed by atoms with Crippen LogP contribution in [0.15, 0.2) is 24.3 Å². The smallest absolute Gasteiger partial charge is 0.143 e. The molecular weight excluding hydrogens is 216 g/mol. The van der Waals surface area contributed by atoms with Crippen LogP contribution in [0.25, 0.3) is 0 Å². The lowest BCUT2D eigenvalue weighted by atomic mass is 9.77. The fourth-order valence-electron chi connectivity index (χ4n) is 1.65. The van der Waals surface area contributed by atoms with E-state index < -0.39 is 5.41 Å². The molecule has 0 unspecified atom stereocenters. The van der Waals surface area contributed by atoms with Crippen molar-refractivity contribution >= 4 is 11.6 Å². The third-order valence-corrected chi connectivity index (χ3v) is 3.27. The van der Waals surface area contributed by atoms with Gasteiger partial charge in [-0.15, -0.1) is 0 Å². The highest BCUT2D eigenvalue weighted by atomic mass is 16.5. The van der Waals surface area contributed by atoms with Crippen molar-refractivity contribution in [1.82, 2.24) is 0 Å². The Kier molecular flexibility index (Phi) is 4.05. The molecule has 0 saturated heterocycles. The highest BCUT2D eigenvalue weighted by Crippen LogP contribution is 2.26. The lowest BCUT2D eigenvalue weighted by molar-refractivity contribution is -0.137. The van der Waals surface area contributed by atoms with Crippen LogP contribution in [-0.2, 0) is 16.0 Å². The van der Waals surface area contributed by atoms with Gasteiger partial charge >= 0.3 is 0 Å². The molecule has 0 amide bonds. The molecule has 1 rings (SSSR count). The van der Waals surface area contributed by atoms with Gasteiger partial charge < -0.3 is 4.74 Å². The first-order chi connectivity index (χ1) is 7.90. The maximum atomic E-state index is 11.6. The van der Waals surface area contributed by atoms with E-state index in [1.54, 1.807) is 14.0 Å². The summed E-state index contributed by atoms with van der Waals surface area (Å²) in [6.45, 7) is 4.62. The molecule has 0 saturated carbocycles. The van der Waals surface area contributed by atoms with E-state index >= 15 is 0 Å². The maximum Gasteiger partial charge on any atom is 0.143 e. The fraction of sp³-hybridized carbons (Fsp3) is 0.429. The minimum absolute atomic E-state index is 0.0965. The SMILES string of the molecule is COc1ccc(CC(C)(C(C)=O)C(C)=O)cc1. The van der Waals surface area contributed by atoms with Gasteiger partial charge in [-0.25, -0.2) is 0 Å². The lowest BCUT2D eigenvalue weighted by Gasteiger charge is -2.23. The number of hydrogen-bond donors (Lipinski definition) is 0. The first kappa shape index (κ1) is 13.4. The van der Waals surface area contributed by atoms with Gasteiger partial charge in [0.2, 0.25) is 0 Å². The Hall–Kier alpha value is -1.64. The third-order valence-electron chi connectivity index (χ3n) is 3.27. The second-order valence-corrected chi connectivity index (χ2v) is 4.47. The second kappa shape index (κ2) is 5.13. The molecular formula is C14H18O3. The first-order valence-corrected chi connectivity index (χ1v) is 5.55. The summed E-state index contributed by atoms with van der Waals surface area (Å²) in [5.74, 6) is 0.572. The van der Waals surface area contributed by atoms with Crippen molar-refractivity contribution in [2.24, 2.45) is 5.41 Å². The number of ketones is 2. The lowest BCUT2D eigenvalue weighted by Crippen LogP contribution is -2.35. The minimum atomic E-state index is -0.922. The number of rotatable bonds is 5. The van der Waals surface area contributed by atoms with Crippen LogP contribution in [0, 0.1) is 5.41 Å². The molecule has 0 bridgehead atoms. The number of ether oxygens (including phenoxy) is 1. The molecule has 0 aliphatic carbocycles. The van der Waals surface area contributed by atoms with E-state index in [0.717, 1.165) is 11.3 Å². The molecule has 0 N–H and O–H groups in total. The average Bonchev–Trinajstić information content (AvgIpc) is 2.29. The molecule has 3 nitrogen and oxygen atoms in total. The zero-order valence-electron chi connectivity index (χ0n) is 10.7. The Bertz CT molecular complexity index is 404. The summed E-state index contributed by atoms with van der Waals surface area (Å²) in [4.78, 5) is 23.2. The molecule has 1 aromatic rings. The van der Waals surface area contributed by atoms with Crippen molar-refractivity contribution in [1.29, 1.82) is 0 Å². The van der Waals surface area contributed by atoms with Gasteiger partial charge in [0, 0.05) is 0 Å². The summed E-state index contributed by atoms with van der Waals surface area (Å²) < 4.78 is 5.06. The van der Waals surface area contributed by atoms with Gasteiger partial charge in [-0.1, -0.05) is 12.1 Å². The van der Waals surface area contributed by atoms with Crippen molar-refractivity contribution in [3.63, 3.8) is 0 Å². The Labute approximate surface area is 102 Å². The quantitative estimate of drug-likeness (QED) is 0.735. The number of benzene rings is 1. The van der Waals surface area contributed by atoms with Crippen molar-refractivity contribution in [2.75, 3.05) is 7.11 Å². The molecule has 3 heteroatoms. The maximum absolute atomic E-state index is 11.6. The van der Waals surface area contributed by atoms with E-state index in [1.807, 2.05) is 24.3 Å². The van der Waals surface area contributed by atoms with Crippen LogP contribution >= 0.6 is 0 Å². The zero-order chi connectivity index (χ0) is 13.1. The third kappa shape index (κ3) is 2.93. The van der Waals surface area contributed by atoms with Crippen molar-refractivity contribution < 1.29 is 14.3 Å². The van der Waals surface area contributed by atoms with E-state index in [4.69, 9.17) is 4.74 Å². The highest BCUT2D eigenvalue weighted by molar-refractivity contribution is 6.04. The van der Waals surface area contributed by atoms with Crippen LogP contribution < -0.4 is 4.74 Å². The number of methoxy groups -OCH3 is 1. The molecule has 0 fully saturated rings. The summed E-state index contributed by atoms with van der Waals surface area (Å²) in [5, 5.41) is 0. The number of hydrogen-bond acceptors (Lipinski definition) is 3. The molecule has 17 heavy (non-hydrogen) atoms. The van der Waals surface area contributed by atoms with Crippen molar-refractivity contribution in [3.8, 4) is 5.75 Å². The summed E-state index contributed by atoms with van der Waals surface area (Å²) in [5.41, 5.74) is 0.0351. The van der Waals surface area contributed by atoms with Gasteiger partial charge in [0.25, 0.3) is 0 Å². The fourth-order valence-corrected chi connectivity index (χ4v) is 1.65. The predicted molar refractivity (Wildman–Crippen MR) is 66.2 cm³/mol. The Morgan fingerprint density at radius 3 is 1.94 bits per heavy atom. The topological polar surface area (TPSA) is 43.4 Å². The second-order valence-electron chi connectivity index (χ2n) is 4.47. The number of Topliss-reactive ketones (excluding diaryl/α,β-unsaturated/α-hetero) is 2. The van der Waals surface area contributed by atoms with E-state index in [2.05, 4.69) is 0 Å². The van der Waals surface area contributed by atoms with Crippen LogP contribution in [0.1, 0.15) is 26.3 Å². The van der Waals surface area contributed by atoms with Crippen LogP contribution in [0.5, 0.6) is 5.75 Å². The summed E-state index contributed by atoms with van der Waals surface area (Å²) >= 11 is 0. The zero-order valence-corrected chi connectivity index (χ0v) is 10.7. The van der Waals surface area contributed by atoms with Crippen LogP contribution in [0.3, 0.4) is 0 Å². The van der Waals surface area contributed by atoms with Crippen LogP contribution in [0.2, 0.25) is 0 Å². The number of carbonyl (C=O) groups is 2. The standard InChI is InChI=1S/C14H18O3/c1-10(15)14(3,11(2)16)9-12-5-7-13(17-4)8-6-12/h5-8H,9H2,1-4H3. The first-order valence-electron chi connectivity index (χ1n) is 5.55.